The zero-order chi connectivity index (χ0) is 14.1. The Bertz CT molecular complexity index is 435. The smallest absolute Gasteiger partial charge is 0.257 e. The van der Waals surface area contributed by atoms with Crippen molar-refractivity contribution in [1.29, 1.82) is 0 Å². The minimum atomic E-state index is -0.268. The lowest BCUT2D eigenvalue weighted by molar-refractivity contribution is -0.123. The predicted molar refractivity (Wildman–Crippen MR) is 71.5 cm³/mol. The van der Waals surface area contributed by atoms with Crippen molar-refractivity contribution < 1.29 is 14.3 Å². The second-order valence-electron chi connectivity index (χ2n) is 3.87. The Morgan fingerprint density at radius 2 is 2.00 bits per heavy atom. The number of para-hydroxylation sites is 1. The van der Waals surface area contributed by atoms with Crippen LogP contribution in [-0.4, -0.2) is 32.0 Å². The average molecular weight is 265 g/mol. The van der Waals surface area contributed by atoms with E-state index in [4.69, 9.17) is 10.5 Å². The fourth-order valence-corrected chi connectivity index (χ4v) is 1.45. The lowest BCUT2D eigenvalue weighted by Gasteiger charge is -2.10. The van der Waals surface area contributed by atoms with Crippen molar-refractivity contribution in [2.45, 2.75) is 13.0 Å². The first kappa shape index (κ1) is 15.0. The van der Waals surface area contributed by atoms with Gasteiger partial charge in [0.2, 0.25) is 5.91 Å². The van der Waals surface area contributed by atoms with Crippen LogP contribution in [0.4, 0.5) is 0 Å². The molecule has 0 radical (unpaired) electrons. The molecule has 0 unspecified atom stereocenters. The molecule has 6 heteroatoms. The van der Waals surface area contributed by atoms with Crippen molar-refractivity contribution in [2.24, 2.45) is 5.73 Å². The van der Waals surface area contributed by atoms with E-state index in [0.717, 1.165) is 5.56 Å². The number of nitrogens with one attached hydrogen (secondary N) is 2. The van der Waals surface area contributed by atoms with Crippen LogP contribution >= 0.6 is 0 Å². The zero-order valence-corrected chi connectivity index (χ0v) is 10.9. The monoisotopic (exact) mass is 265 g/mol. The molecule has 0 aromatic heterocycles. The maximum absolute atomic E-state index is 11.5. The molecule has 0 fully saturated rings. The van der Waals surface area contributed by atoms with Crippen molar-refractivity contribution in [3.63, 3.8) is 0 Å². The summed E-state index contributed by atoms with van der Waals surface area (Å²) in [6.07, 6.45) is 0.252. The molecule has 0 saturated carbocycles. The highest BCUT2D eigenvalue weighted by Crippen LogP contribution is 2.16. The fourth-order valence-electron chi connectivity index (χ4n) is 1.45. The number of rotatable bonds is 7. The first-order valence-electron chi connectivity index (χ1n) is 6.05. The summed E-state index contributed by atoms with van der Waals surface area (Å²) in [7, 11) is 1.55. The highest BCUT2D eigenvalue weighted by atomic mass is 16.5. The van der Waals surface area contributed by atoms with Gasteiger partial charge in [-0.25, -0.2) is 0 Å². The van der Waals surface area contributed by atoms with E-state index < -0.39 is 0 Å². The standard InChI is InChI=1S/C13H19N3O3/c1-15-12(17)6-7-16-13(18)9-19-11-5-3-2-4-10(11)8-14/h2-5H,6-9,14H2,1H3,(H,15,17)(H,16,18). The van der Waals surface area contributed by atoms with Crippen LogP contribution in [0.3, 0.4) is 0 Å². The summed E-state index contributed by atoms with van der Waals surface area (Å²) in [5, 5.41) is 5.08. The molecule has 0 bridgehead atoms. The second-order valence-corrected chi connectivity index (χ2v) is 3.87. The number of carbonyl (C=O) groups is 2. The largest absolute Gasteiger partial charge is 0.483 e. The van der Waals surface area contributed by atoms with Gasteiger partial charge in [-0.05, 0) is 6.07 Å². The molecular weight excluding hydrogens is 246 g/mol. The quantitative estimate of drug-likeness (QED) is 0.635. The van der Waals surface area contributed by atoms with E-state index in [2.05, 4.69) is 10.6 Å². The Hall–Kier alpha value is -2.08. The molecule has 0 aliphatic rings. The predicted octanol–water partition coefficient (Wildman–Crippen LogP) is -0.224. The van der Waals surface area contributed by atoms with Gasteiger partial charge >= 0.3 is 0 Å². The minimum Gasteiger partial charge on any atom is -0.483 e. The Kier molecular flexibility index (Phi) is 6.38. The molecule has 19 heavy (non-hydrogen) atoms. The Balaban J connectivity index is 2.32. The topological polar surface area (TPSA) is 93.5 Å². The molecule has 6 nitrogen and oxygen atoms in total. The molecule has 0 aliphatic carbocycles. The Morgan fingerprint density at radius 3 is 2.68 bits per heavy atom. The van der Waals surface area contributed by atoms with Gasteiger partial charge in [-0.15, -0.1) is 0 Å². The summed E-state index contributed by atoms with van der Waals surface area (Å²) in [6, 6.07) is 7.29. The van der Waals surface area contributed by atoms with E-state index in [1.807, 2.05) is 18.2 Å². The molecule has 1 aromatic carbocycles. The molecule has 0 aliphatic heterocycles. The minimum absolute atomic E-state index is 0.0925. The first-order valence-corrected chi connectivity index (χ1v) is 6.05. The van der Waals surface area contributed by atoms with E-state index in [-0.39, 0.29) is 24.8 Å². The van der Waals surface area contributed by atoms with Gasteiger partial charge < -0.3 is 21.1 Å². The number of nitrogens with two attached hydrogens (primary N) is 1. The highest BCUT2D eigenvalue weighted by Gasteiger charge is 2.06. The van der Waals surface area contributed by atoms with Gasteiger partial charge in [0.1, 0.15) is 5.75 Å². The van der Waals surface area contributed by atoms with Crippen LogP contribution < -0.4 is 21.1 Å². The van der Waals surface area contributed by atoms with Crippen molar-refractivity contribution in [1.82, 2.24) is 10.6 Å². The van der Waals surface area contributed by atoms with Gasteiger partial charge in [-0.1, -0.05) is 18.2 Å². The van der Waals surface area contributed by atoms with Crippen LogP contribution in [0, 0.1) is 0 Å². The van der Waals surface area contributed by atoms with Crippen LogP contribution in [0.15, 0.2) is 24.3 Å². The van der Waals surface area contributed by atoms with E-state index in [1.165, 1.54) is 0 Å². The lowest BCUT2D eigenvalue weighted by Crippen LogP contribution is -2.32. The number of benzene rings is 1. The second kappa shape index (κ2) is 8.10. The number of hydrogen-bond donors (Lipinski definition) is 3. The highest BCUT2D eigenvalue weighted by molar-refractivity contribution is 5.79. The van der Waals surface area contributed by atoms with Crippen molar-refractivity contribution >= 4 is 11.8 Å². The third-order valence-electron chi connectivity index (χ3n) is 2.50. The number of carbonyl (C=O) groups excluding carboxylic acids is 2. The van der Waals surface area contributed by atoms with Gasteiger partial charge in [0, 0.05) is 32.1 Å². The van der Waals surface area contributed by atoms with Gasteiger partial charge in [0.05, 0.1) is 0 Å². The van der Waals surface area contributed by atoms with Crippen molar-refractivity contribution in [3.05, 3.63) is 29.8 Å². The van der Waals surface area contributed by atoms with E-state index in [1.54, 1.807) is 13.1 Å². The average Bonchev–Trinajstić information content (AvgIpc) is 2.45. The van der Waals surface area contributed by atoms with Gasteiger partial charge in [-0.3, -0.25) is 9.59 Å². The van der Waals surface area contributed by atoms with Crippen molar-refractivity contribution in [2.75, 3.05) is 20.2 Å². The molecule has 104 valence electrons. The summed E-state index contributed by atoms with van der Waals surface area (Å²) in [5.74, 6) is 0.219. The SMILES string of the molecule is CNC(=O)CCNC(=O)COc1ccccc1CN. The third kappa shape index (κ3) is 5.39. The third-order valence-corrected chi connectivity index (χ3v) is 2.50. The molecule has 1 rings (SSSR count). The summed E-state index contributed by atoms with van der Waals surface area (Å²) >= 11 is 0. The molecule has 4 N–H and O–H groups in total. The van der Waals surface area contributed by atoms with Crippen LogP contribution in [-0.2, 0) is 16.1 Å². The lowest BCUT2D eigenvalue weighted by atomic mass is 10.2. The van der Waals surface area contributed by atoms with E-state index in [9.17, 15) is 9.59 Å². The Labute approximate surface area is 112 Å². The Morgan fingerprint density at radius 1 is 1.26 bits per heavy atom. The summed E-state index contributed by atoms with van der Waals surface area (Å²) in [4.78, 5) is 22.4. The summed E-state index contributed by atoms with van der Waals surface area (Å²) in [6.45, 7) is 0.555. The van der Waals surface area contributed by atoms with Crippen LogP contribution in [0.1, 0.15) is 12.0 Å². The van der Waals surface area contributed by atoms with Gasteiger partial charge in [0.15, 0.2) is 6.61 Å². The molecule has 2 amide bonds. The van der Waals surface area contributed by atoms with Crippen molar-refractivity contribution in [3.8, 4) is 5.75 Å². The van der Waals surface area contributed by atoms with E-state index in [0.29, 0.717) is 18.8 Å². The maximum atomic E-state index is 11.5. The number of ether oxygens (including phenoxy) is 1. The molecule has 0 atom stereocenters. The molecular formula is C13H19N3O3. The summed E-state index contributed by atoms with van der Waals surface area (Å²) in [5.41, 5.74) is 6.41. The van der Waals surface area contributed by atoms with Crippen LogP contribution in [0.25, 0.3) is 0 Å². The fraction of sp³-hybridized carbons (Fsp3) is 0.385. The number of amides is 2. The zero-order valence-electron chi connectivity index (χ0n) is 10.9. The number of hydrogen-bond acceptors (Lipinski definition) is 4. The maximum Gasteiger partial charge on any atom is 0.257 e. The van der Waals surface area contributed by atoms with Crippen LogP contribution in [0.5, 0.6) is 5.75 Å². The normalized spacial score (nSPS) is 9.79. The molecule has 0 heterocycles. The first-order chi connectivity index (χ1) is 9.17. The van der Waals surface area contributed by atoms with Gasteiger partial charge in [-0.2, -0.15) is 0 Å². The molecule has 0 saturated heterocycles. The van der Waals surface area contributed by atoms with Crippen LogP contribution in [0.2, 0.25) is 0 Å². The molecule has 0 spiro atoms. The van der Waals surface area contributed by atoms with E-state index >= 15 is 0 Å². The summed E-state index contributed by atoms with van der Waals surface area (Å²) < 4.78 is 5.38. The van der Waals surface area contributed by atoms with Gasteiger partial charge in [0.25, 0.3) is 5.91 Å². The molecule has 1 aromatic rings.